The molecule has 0 aromatic rings. The lowest BCUT2D eigenvalue weighted by Gasteiger charge is -2.22. The van der Waals surface area contributed by atoms with Gasteiger partial charge in [0.25, 0.3) is 0 Å². The largest absolute Gasteiger partial charge is 0.466 e. The molecule has 0 saturated carbocycles. The molecule has 0 unspecified atom stereocenters. The van der Waals surface area contributed by atoms with Gasteiger partial charge in [-0.1, -0.05) is 194 Å². The van der Waals surface area contributed by atoms with E-state index >= 15 is 0 Å². The second-order valence-corrected chi connectivity index (χ2v) is 14.8. The third-order valence-corrected chi connectivity index (χ3v) is 9.78. The molecule has 5 nitrogen and oxygen atoms in total. The van der Waals surface area contributed by atoms with E-state index in [9.17, 15) is 14.7 Å². The highest BCUT2D eigenvalue weighted by Gasteiger charge is 2.21. The zero-order chi connectivity index (χ0) is 34.5. The van der Waals surface area contributed by atoms with Gasteiger partial charge in [-0.25, -0.2) is 0 Å². The average molecular weight is 667 g/mol. The van der Waals surface area contributed by atoms with Gasteiger partial charge in [0.05, 0.1) is 18.8 Å². The van der Waals surface area contributed by atoms with E-state index in [0.717, 1.165) is 25.7 Å². The Morgan fingerprint density at radius 2 is 0.617 bits per heavy atom. The van der Waals surface area contributed by atoms with Crippen LogP contribution in [0.1, 0.15) is 239 Å². The predicted octanol–water partition coefficient (Wildman–Crippen LogP) is 13.1. The third kappa shape index (κ3) is 37.6. The van der Waals surface area contributed by atoms with Crippen molar-refractivity contribution >= 4 is 11.9 Å². The number of carbonyl (C=O) groups excluding carboxylic acids is 2. The molecular weight excluding hydrogens is 584 g/mol. The van der Waals surface area contributed by atoms with Crippen molar-refractivity contribution in [2.24, 2.45) is 0 Å². The van der Waals surface area contributed by atoms with Crippen LogP contribution in [-0.2, 0) is 19.1 Å². The fourth-order valence-electron chi connectivity index (χ4n) is 6.32. The van der Waals surface area contributed by atoms with Crippen LogP contribution in [0.15, 0.2) is 0 Å². The molecule has 0 saturated heterocycles. The minimum absolute atomic E-state index is 0.176. The zero-order valence-electron chi connectivity index (χ0n) is 32.0. The van der Waals surface area contributed by atoms with Gasteiger partial charge < -0.3 is 14.6 Å². The zero-order valence-corrected chi connectivity index (χ0v) is 32.0. The van der Waals surface area contributed by atoms with Crippen LogP contribution in [-0.4, -0.2) is 35.9 Å². The van der Waals surface area contributed by atoms with Crippen LogP contribution in [0.2, 0.25) is 0 Å². The molecular formula is C42H82O5. The van der Waals surface area contributed by atoms with Crippen LogP contribution in [0.25, 0.3) is 0 Å². The Kier molecular flexibility index (Phi) is 35.3. The molecule has 0 aliphatic rings. The summed E-state index contributed by atoms with van der Waals surface area (Å²) in [4.78, 5) is 24.1. The van der Waals surface area contributed by atoms with Crippen LogP contribution in [0.5, 0.6) is 0 Å². The summed E-state index contributed by atoms with van der Waals surface area (Å²) in [7, 11) is 0. The van der Waals surface area contributed by atoms with Crippen molar-refractivity contribution in [1.29, 1.82) is 0 Å². The second kappa shape index (κ2) is 36.2. The lowest BCUT2D eigenvalue weighted by Crippen LogP contribution is -2.29. The van der Waals surface area contributed by atoms with Crippen molar-refractivity contribution in [3.63, 3.8) is 0 Å². The second-order valence-electron chi connectivity index (χ2n) is 14.8. The first-order valence-electron chi connectivity index (χ1n) is 20.9. The molecule has 0 atom stereocenters. The number of carbonyl (C=O) groups is 2. The van der Waals surface area contributed by atoms with Gasteiger partial charge in [0, 0.05) is 25.7 Å². The minimum atomic E-state index is -1.01. The molecule has 0 heterocycles. The topological polar surface area (TPSA) is 72.8 Å². The van der Waals surface area contributed by atoms with Crippen LogP contribution in [0, 0.1) is 0 Å². The van der Waals surface area contributed by atoms with Gasteiger partial charge in [-0.3, -0.25) is 9.59 Å². The fourth-order valence-corrected chi connectivity index (χ4v) is 6.32. The number of aliphatic hydroxyl groups is 1. The summed E-state index contributed by atoms with van der Waals surface area (Å²) in [5.41, 5.74) is -1.01. The molecule has 0 spiro atoms. The Morgan fingerprint density at radius 3 is 0.851 bits per heavy atom. The first-order chi connectivity index (χ1) is 22.9. The van der Waals surface area contributed by atoms with E-state index in [2.05, 4.69) is 13.8 Å². The molecule has 0 fully saturated rings. The molecule has 280 valence electrons. The van der Waals surface area contributed by atoms with E-state index in [1.165, 1.54) is 167 Å². The highest BCUT2D eigenvalue weighted by molar-refractivity contribution is 5.69. The highest BCUT2D eigenvalue weighted by Crippen LogP contribution is 2.17. The van der Waals surface area contributed by atoms with E-state index < -0.39 is 5.60 Å². The molecule has 0 rings (SSSR count). The van der Waals surface area contributed by atoms with Crippen molar-refractivity contribution in [3.8, 4) is 0 Å². The van der Waals surface area contributed by atoms with E-state index in [1.54, 1.807) is 6.92 Å². The molecule has 0 aliphatic carbocycles. The molecule has 5 heteroatoms. The Morgan fingerprint density at radius 1 is 0.404 bits per heavy atom. The summed E-state index contributed by atoms with van der Waals surface area (Å²) in [6.07, 6.45) is 40.8. The maximum atomic E-state index is 12.1. The number of esters is 2. The Balaban J connectivity index is 3.47. The maximum absolute atomic E-state index is 12.1. The summed E-state index contributed by atoms with van der Waals surface area (Å²) in [5.74, 6) is -0.351. The standard InChI is InChI=1S/C42H82O5/c1-4-6-8-10-12-14-16-18-20-22-24-26-28-30-32-34-40(43)46-38-36-42(3,45)37-39-47-41(44)35-33-31-29-27-25-23-21-19-17-15-13-11-9-7-5-2/h45H,4-39H2,1-3H3. The molecule has 1 N–H and O–H groups in total. The number of hydrogen-bond donors (Lipinski definition) is 1. The molecule has 0 amide bonds. The molecule has 0 aromatic heterocycles. The number of ether oxygens (including phenoxy) is 2. The quantitative estimate of drug-likeness (QED) is 0.0524. The van der Waals surface area contributed by atoms with Crippen molar-refractivity contribution in [2.75, 3.05) is 13.2 Å². The number of unbranched alkanes of at least 4 members (excludes halogenated alkanes) is 28. The SMILES string of the molecule is CCCCCCCCCCCCCCCCCC(=O)OCCC(C)(O)CCOC(=O)CCCCCCCCCCCCCCCCC. The van der Waals surface area contributed by atoms with Gasteiger partial charge >= 0.3 is 11.9 Å². The lowest BCUT2D eigenvalue weighted by molar-refractivity contribution is -0.146. The van der Waals surface area contributed by atoms with Crippen LogP contribution >= 0.6 is 0 Å². The molecule has 0 aromatic carbocycles. The fraction of sp³-hybridized carbons (Fsp3) is 0.952. The van der Waals surface area contributed by atoms with Gasteiger partial charge in [-0.15, -0.1) is 0 Å². The molecule has 47 heavy (non-hydrogen) atoms. The summed E-state index contributed by atoms with van der Waals surface area (Å²) in [6.45, 7) is 6.68. The first kappa shape index (κ1) is 45.9. The summed E-state index contributed by atoms with van der Waals surface area (Å²) in [6, 6.07) is 0. The predicted molar refractivity (Wildman–Crippen MR) is 201 cm³/mol. The normalized spacial score (nSPS) is 11.7. The van der Waals surface area contributed by atoms with Crippen LogP contribution in [0.3, 0.4) is 0 Å². The first-order valence-corrected chi connectivity index (χ1v) is 20.9. The smallest absolute Gasteiger partial charge is 0.305 e. The van der Waals surface area contributed by atoms with Crippen molar-refractivity contribution in [2.45, 2.75) is 245 Å². The van der Waals surface area contributed by atoms with Crippen LogP contribution in [0.4, 0.5) is 0 Å². The summed E-state index contributed by atoms with van der Waals surface area (Å²) >= 11 is 0. The van der Waals surface area contributed by atoms with Crippen molar-refractivity contribution < 1.29 is 24.2 Å². The Labute approximate surface area is 293 Å². The van der Waals surface area contributed by atoms with Crippen molar-refractivity contribution in [3.05, 3.63) is 0 Å². The Bertz CT molecular complexity index is 607. The summed E-state index contributed by atoms with van der Waals surface area (Å²) < 4.78 is 10.7. The van der Waals surface area contributed by atoms with Crippen molar-refractivity contribution in [1.82, 2.24) is 0 Å². The number of hydrogen-bond acceptors (Lipinski definition) is 5. The van der Waals surface area contributed by atoms with Gasteiger partial charge in [0.1, 0.15) is 0 Å². The van der Waals surface area contributed by atoms with Gasteiger partial charge in [0.2, 0.25) is 0 Å². The number of rotatable bonds is 38. The van der Waals surface area contributed by atoms with Gasteiger partial charge in [-0.05, 0) is 19.8 Å². The Hall–Kier alpha value is -1.10. The monoisotopic (exact) mass is 667 g/mol. The maximum Gasteiger partial charge on any atom is 0.305 e. The van der Waals surface area contributed by atoms with E-state index in [-0.39, 0.29) is 25.2 Å². The van der Waals surface area contributed by atoms with Gasteiger partial charge in [-0.2, -0.15) is 0 Å². The van der Waals surface area contributed by atoms with E-state index in [1.807, 2.05) is 0 Å². The lowest BCUT2D eigenvalue weighted by atomic mass is 9.99. The van der Waals surface area contributed by atoms with Gasteiger partial charge in [0.15, 0.2) is 0 Å². The third-order valence-electron chi connectivity index (χ3n) is 9.78. The van der Waals surface area contributed by atoms with E-state index in [0.29, 0.717) is 25.7 Å². The minimum Gasteiger partial charge on any atom is -0.466 e. The average Bonchev–Trinajstić information content (AvgIpc) is 3.04. The molecule has 0 radical (unpaired) electrons. The summed E-state index contributed by atoms with van der Waals surface area (Å²) in [5, 5.41) is 10.6. The van der Waals surface area contributed by atoms with E-state index in [4.69, 9.17) is 9.47 Å². The van der Waals surface area contributed by atoms with Crippen LogP contribution < -0.4 is 0 Å². The highest BCUT2D eigenvalue weighted by atomic mass is 16.5. The molecule has 0 bridgehead atoms. The molecule has 0 aliphatic heterocycles.